The molecular weight excluding hydrogens is 318 g/mol. The monoisotopic (exact) mass is 327 g/mol. The minimum atomic E-state index is -0.539. The quantitative estimate of drug-likeness (QED) is 0.438. The molecule has 7 heteroatoms. The lowest BCUT2D eigenvalue weighted by atomic mass is 9.98. The van der Waals surface area contributed by atoms with Gasteiger partial charge in [-0.25, -0.2) is 4.79 Å². The number of hydrogen-bond donors (Lipinski definition) is 0. The number of rotatable bonds is 2. The third kappa shape index (κ3) is 1.66. The highest BCUT2D eigenvalue weighted by molar-refractivity contribution is 9.10. The summed E-state index contributed by atoms with van der Waals surface area (Å²) < 4.78 is 4.46. The van der Waals surface area contributed by atoms with Crippen molar-refractivity contribution in [1.82, 2.24) is 4.90 Å². The molecule has 0 bridgehead atoms. The molecule has 0 N–H and O–H groups in total. The van der Waals surface area contributed by atoms with Crippen LogP contribution in [-0.2, 0) is 14.3 Å². The van der Waals surface area contributed by atoms with Crippen LogP contribution >= 0.6 is 39.3 Å². The van der Waals surface area contributed by atoms with Crippen molar-refractivity contribution >= 4 is 51.2 Å². The Labute approximate surface area is 111 Å². The van der Waals surface area contributed by atoms with Crippen LogP contribution in [0, 0.1) is 0 Å². The average molecular weight is 329 g/mol. The number of fused-ring (bicyclic) bond motifs is 1. The molecule has 4 nitrogen and oxygen atoms in total. The number of thioether (sulfide) groups is 1. The number of nitrogens with zero attached hydrogens (tertiary/aromatic N) is 1. The topological polar surface area (TPSA) is 46.6 Å². The Morgan fingerprint density at radius 1 is 1.69 bits per heavy atom. The fourth-order valence-corrected chi connectivity index (χ4v) is 4.54. The fourth-order valence-electron chi connectivity index (χ4n) is 2.08. The normalized spacial score (nSPS) is 35.6. The lowest BCUT2D eigenvalue weighted by Gasteiger charge is -2.41. The van der Waals surface area contributed by atoms with Crippen LogP contribution in [0.1, 0.15) is 13.8 Å². The summed E-state index contributed by atoms with van der Waals surface area (Å²) in [6.45, 7) is 3.87. The Morgan fingerprint density at radius 3 is 2.88 bits per heavy atom. The van der Waals surface area contributed by atoms with E-state index in [1.807, 2.05) is 13.8 Å². The minimum Gasteiger partial charge on any atom is -0.448 e. The molecule has 0 aromatic carbocycles. The molecule has 3 atom stereocenters. The lowest BCUT2D eigenvalue weighted by molar-refractivity contribution is -0.159. The maximum absolute atomic E-state index is 11.8. The van der Waals surface area contributed by atoms with Crippen LogP contribution in [0.4, 0.5) is 0 Å². The van der Waals surface area contributed by atoms with E-state index >= 15 is 0 Å². The first-order valence-electron chi connectivity index (χ1n) is 4.77. The molecule has 2 rings (SSSR count). The molecule has 16 heavy (non-hydrogen) atoms. The molecule has 2 aliphatic heterocycles. The molecule has 0 unspecified atom stereocenters. The summed E-state index contributed by atoms with van der Waals surface area (Å²) >= 11 is 10.3. The summed E-state index contributed by atoms with van der Waals surface area (Å²) in [5, 5.41) is 0.0235. The van der Waals surface area contributed by atoms with Gasteiger partial charge in [-0.05, 0) is 13.8 Å². The predicted octanol–water partition coefficient (Wildman–Crippen LogP) is 1.55. The zero-order chi connectivity index (χ0) is 12.1. The van der Waals surface area contributed by atoms with E-state index < -0.39 is 12.0 Å². The van der Waals surface area contributed by atoms with E-state index in [-0.39, 0.29) is 26.9 Å². The first kappa shape index (κ1) is 12.5. The largest absolute Gasteiger partial charge is 0.448 e. The van der Waals surface area contributed by atoms with Gasteiger partial charge in [-0.3, -0.25) is 4.79 Å². The number of alkyl halides is 2. The standard InChI is InChI=1S/C9H11BrClNO3S/c1-9(2)5(8(14)15-3-11)12-6(13)4(10)7(12)16-9/h4-5,7H,3H2,1-2H3/t4-,5+,7-/m1/s1. The number of hydrogen-bond acceptors (Lipinski definition) is 4. The van der Waals surface area contributed by atoms with Crippen LogP contribution in [0.15, 0.2) is 0 Å². The Kier molecular flexibility index (Phi) is 3.18. The highest BCUT2D eigenvalue weighted by Crippen LogP contribution is 2.52. The van der Waals surface area contributed by atoms with Gasteiger partial charge in [0.2, 0.25) is 5.91 Å². The molecule has 2 heterocycles. The predicted molar refractivity (Wildman–Crippen MR) is 65.6 cm³/mol. The summed E-state index contributed by atoms with van der Waals surface area (Å²) in [7, 11) is 0. The van der Waals surface area contributed by atoms with Crippen LogP contribution in [0.3, 0.4) is 0 Å². The summed E-state index contributed by atoms with van der Waals surface area (Å²) in [5.74, 6) is -0.484. The van der Waals surface area contributed by atoms with Crippen molar-refractivity contribution in [1.29, 1.82) is 0 Å². The zero-order valence-corrected chi connectivity index (χ0v) is 11.9. The van der Waals surface area contributed by atoms with Gasteiger partial charge in [0.1, 0.15) is 16.2 Å². The van der Waals surface area contributed by atoms with Gasteiger partial charge >= 0.3 is 5.97 Å². The first-order chi connectivity index (χ1) is 7.40. The second-order valence-corrected chi connectivity index (χ2v) is 7.21. The lowest BCUT2D eigenvalue weighted by Crippen LogP contribution is -2.63. The maximum atomic E-state index is 11.8. The van der Waals surface area contributed by atoms with Gasteiger partial charge in [0.15, 0.2) is 6.07 Å². The van der Waals surface area contributed by atoms with Crippen LogP contribution < -0.4 is 0 Å². The molecule has 2 fully saturated rings. The van der Waals surface area contributed by atoms with Crippen LogP contribution in [-0.4, -0.2) is 43.8 Å². The van der Waals surface area contributed by atoms with Crippen molar-refractivity contribution in [3.63, 3.8) is 0 Å². The van der Waals surface area contributed by atoms with Crippen molar-refractivity contribution in [2.45, 2.75) is 34.8 Å². The molecule has 0 aromatic heterocycles. The van der Waals surface area contributed by atoms with Gasteiger partial charge in [-0.1, -0.05) is 27.5 Å². The second-order valence-electron chi connectivity index (χ2n) is 4.23. The summed E-state index contributed by atoms with van der Waals surface area (Å²) in [4.78, 5) is 24.8. The van der Waals surface area contributed by atoms with Gasteiger partial charge in [0.05, 0.1) is 0 Å². The average Bonchev–Trinajstić information content (AvgIpc) is 2.47. The number of β-lactam (4-membered cyclic amide) rings is 1. The molecule has 0 aliphatic carbocycles. The Balaban J connectivity index is 2.22. The van der Waals surface area contributed by atoms with E-state index in [4.69, 9.17) is 16.3 Å². The molecule has 0 saturated carbocycles. The van der Waals surface area contributed by atoms with Gasteiger partial charge in [0.25, 0.3) is 0 Å². The summed E-state index contributed by atoms with van der Waals surface area (Å²) in [6.07, 6.45) is 0. The number of halogens is 2. The van der Waals surface area contributed by atoms with Gasteiger partial charge < -0.3 is 9.64 Å². The molecule has 2 saturated heterocycles. The van der Waals surface area contributed by atoms with Gasteiger partial charge in [-0.15, -0.1) is 11.8 Å². The van der Waals surface area contributed by atoms with Crippen LogP contribution in [0.25, 0.3) is 0 Å². The number of amides is 1. The molecule has 0 aromatic rings. The van der Waals surface area contributed by atoms with Crippen molar-refractivity contribution in [3.05, 3.63) is 0 Å². The zero-order valence-electron chi connectivity index (χ0n) is 8.78. The van der Waals surface area contributed by atoms with Gasteiger partial charge in [-0.2, -0.15) is 0 Å². The van der Waals surface area contributed by atoms with E-state index in [0.717, 1.165) is 0 Å². The number of carbonyl (C=O) groups excluding carboxylic acids is 2. The summed E-state index contributed by atoms with van der Waals surface area (Å²) in [5.41, 5.74) is 0. The van der Waals surface area contributed by atoms with Crippen molar-refractivity contribution in [2.75, 3.05) is 6.07 Å². The second kappa shape index (κ2) is 4.07. The third-order valence-corrected chi connectivity index (χ3v) is 5.72. The third-order valence-electron chi connectivity index (χ3n) is 2.80. The van der Waals surface area contributed by atoms with Gasteiger partial charge in [0, 0.05) is 4.75 Å². The van der Waals surface area contributed by atoms with E-state index in [2.05, 4.69) is 15.9 Å². The molecule has 1 amide bonds. The number of ether oxygens (including phenoxy) is 1. The van der Waals surface area contributed by atoms with E-state index in [0.29, 0.717) is 0 Å². The highest BCUT2D eigenvalue weighted by atomic mass is 79.9. The molecule has 0 radical (unpaired) electrons. The van der Waals surface area contributed by atoms with Crippen LogP contribution in [0.5, 0.6) is 0 Å². The minimum absolute atomic E-state index is 0.0235. The first-order valence-corrected chi connectivity index (χ1v) is 7.10. The van der Waals surface area contributed by atoms with Crippen molar-refractivity contribution in [3.8, 4) is 0 Å². The number of esters is 1. The SMILES string of the molecule is CC1(C)S[C@@H]2[C@H](Br)C(=O)N2[C@H]1C(=O)OCCl. The maximum Gasteiger partial charge on any atom is 0.331 e. The smallest absolute Gasteiger partial charge is 0.331 e. The molecule has 0 spiro atoms. The highest BCUT2D eigenvalue weighted by Gasteiger charge is 2.63. The molecular formula is C9H11BrClNO3S. The van der Waals surface area contributed by atoms with Crippen LogP contribution in [0.2, 0.25) is 0 Å². The van der Waals surface area contributed by atoms with Crippen molar-refractivity contribution < 1.29 is 14.3 Å². The Morgan fingerprint density at radius 2 is 2.31 bits per heavy atom. The Bertz CT molecular complexity index is 352. The number of carbonyl (C=O) groups is 2. The van der Waals surface area contributed by atoms with Crippen molar-refractivity contribution in [2.24, 2.45) is 0 Å². The molecule has 90 valence electrons. The Hall–Kier alpha value is 0.0600. The van der Waals surface area contributed by atoms with E-state index in [9.17, 15) is 9.59 Å². The summed E-state index contributed by atoms with van der Waals surface area (Å²) in [6, 6.07) is -0.719. The molecule has 2 aliphatic rings. The fraction of sp³-hybridized carbons (Fsp3) is 0.778. The van der Waals surface area contributed by atoms with E-state index in [1.165, 1.54) is 0 Å². The van der Waals surface area contributed by atoms with E-state index in [1.54, 1.807) is 16.7 Å².